The molecule has 1 N–H and O–H groups in total. The summed E-state index contributed by atoms with van der Waals surface area (Å²) in [6.07, 6.45) is 0. The molecule has 0 heterocycles. The summed E-state index contributed by atoms with van der Waals surface area (Å²) in [6.45, 7) is 2.58. The van der Waals surface area contributed by atoms with Gasteiger partial charge in [0, 0.05) is 19.2 Å². The summed E-state index contributed by atoms with van der Waals surface area (Å²) in [5.41, 5.74) is 1.82. The van der Waals surface area contributed by atoms with E-state index in [1.807, 2.05) is 19.1 Å². The molecule has 0 bridgehead atoms. The largest absolute Gasteiger partial charge is 0.380 e. The fourth-order valence-corrected chi connectivity index (χ4v) is 2.88. The third-order valence-corrected chi connectivity index (χ3v) is 4.37. The highest BCUT2D eigenvalue weighted by atomic mass is 35.5. The van der Waals surface area contributed by atoms with Crippen LogP contribution < -0.4 is 5.32 Å². The normalized spacial score (nSPS) is 10.5. The average molecular weight is 395 g/mol. The highest BCUT2D eigenvalue weighted by Gasteiger charge is 2.18. The van der Waals surface area contributed by atoms with Crippen molar-refractivity contribution < 1.29 is 14.3 Å². The van der Waals surface area contributed by atoms with Gasteiger partial charge in [0.15, 0.2) is 0 Å². The van der Waals surface area contributed by atoms with Crippen molar-refractivity contribution >= 4 is 40.7 Å². The summed E-state index contributed by atoms with van der Waals surface area (Å²) in [7, 11) is 1.61. The quantitative estimate of drug-likeness (QED) is 0.763. The topological polar surface area (TPSA) is 58.6 Å². The predicted molar refractivity (Wildman–Crippen MR) is 104 cm³/mol. The zero-order chi connectivity index (χ0) is 19.1. The molecule has 5 nitrogen and oxygen atoms in total. The lowest BCUT2D eigenvalue weighted by molar-refractivity contribution is -0.116. The first-order valence-electron chi connectivity index (χ1n) is 8.07. The van der Waals surface area contributed by atoms with Gasteiger partial charge in [0.05, 0.1) is 22.3 Å². The van der Waals surface area contributed by atoms with Gasteiger partial charge in [-0.1, -0.05) is 41.4 Å². The van der Waals surface area contributed by atoms with Crippen molar-refractivity contribution in [3.8, 4) is 0 Å². The Morgan fingerprint density at radius 1 is 1.08 bits per heavy atom. The fraction of sp³-hybridized carbons (Fsp3) is 0.263. The first-order valence-corrected chi connectivity index (χ1v) is 8.82. The van der Waals surface area contributed by atoms with E-state index in [-0.39, 0.29) is 18.4 Å². The molecule has 0 atom stereocenters. The summed E-state index contributed by atoms with van der Waals surface area (Å²) in [4.78, 5) is 26.4. The number of carbonyl (C=O) groups excluding carboxylic acids is 2. The number of para-hydroxylation sites is 1. The Kier molecular flexibility index (Phi) is 7.45. The molecule has 0 aliphatic carbocycles. The molecule has 0 radical (unpaired) electrons. The third-order valence-electron chi connectivity index (χ3n) is 3.74. The molecule has 0 fully saturated rings. The number of anilines is 1. The van der Waals surface area contributed by atoms with Crippen molar-refractivity contribution in [2.45, 2.75) is 13.5 Å². The van der Waals surface area contributed by atoms with Crippen molar-refractivity contribution in [3.05, 3.63) is 63.6 Å². The Balaban J connectivity index is 2.05. The van der Waals surface area contributed by atoms with E-state index in [0.29, 0.717) is 34.4 Å². The number of hydrogen-bond acceptors (Lipinski definition) is 3. The number of hydrogen-bond donors (Lipinski definition) is 1. The van der Waals surface area contributed by atoms with Crippen LogP contribution in [0.4, 0.5) is 5.69 Å². The maximum Gasteiger partial charge on any atom is 0.254 e. The summed E-state index contributed by atoms with van der Waals surface area (Å²) >= 11 is 12.1. The number of carbonyl (C=O) groups is 2. The van der Waals surface area contributed by atoms with Crippen LogP contribution in [0.25, 0.3) is 0 Å². The highest BCUT2D eigenvalue weighted by Crippen LogP contribution is 2.29. The summed E-state index contributed by atoms with van der Waals surface area (Å²) < 4.78 is 5.06. The van der Waals surface area contributed by atoms with E-state index in [9.17, 15) is 9.59 Å². The first-order chi connectivity index (χ1) is 12.5. The van der Waals surface area contributed by atoms with Crippen LogP contribution in [0.15, 0.2) is 42.5 Å². The van der Waals surface area contributed by atoms with Gasteiger partial charge in [-0.05, 0) is 36.8 Å². The van der Waals surface area contributed by atoms with Crippen LogP contribution in [0, 0.1) is 0 Å². The molecule has 0 spiro atoms. The summed E-state index contributed by atoms with van der Waals surface area (Å²) in [6, 6.07) is 12.1. The van der Waals surface area contributed by atoms with Crippen molar-refractivity contribution in [1.82, 2.24) is 4.90 Å². The lowest BCUT2D eigenvalue weighted by atomic mass is 10.1. The lowest BCUT2D eigenvalue weighted by Gasteiger charge is -2.21. The van der Waals surface area contributed by atoms with Crippen molar-refractivity contribution in [1.29, 1.82) is 0 Å². The molecule has 0 unspecified atom stereocenters. The second kappa shape index (κ2) is 9.57. The molecule has 0 saturated heterocycles. The number of ether oxygens (including phenoxy) is 1. The summed E-state index contributed by atoms with van der Waals surface area (Å²) in [5, 5.41) is 3.35. The Labute approximate surface area is 162 Å². The molecule has 2 rings (SSSR count). The minimum absolute atomic E-state index is 0.100. The molecule has 0 aromatic heterocycles. The Morgan fingerprint density at radius 3 is 2.23 bits per heavy atom. The second-order valence-corrected chi connectivity index (χ2v) is 6.41. The molecule has 2 aromatic rings. The van der Waals surface area contributed by atoms with Crippen LogP contribution in [-0.2, 0) is 16.1 Å². The molecular weight excluding hydrogens is 375 g/mol. The zero-order valence-electron chi connectivity index (χ0n) is 14.6. The second-order valence-electron chi connectivity index (χ2n) is 5.59. The van der Waals surface area contributed by atoms with Gasteiger partial charge in [-0.2, -0.15) is 0 Å². The van der Waals surface area contributed by atoms with E-state index in [1.54, 1.807) is 37.4 Å². The standard InChI is InChI=1S/C19H20Cl2N2O3/c1-3-23(19(25)14-9-7-13(8-10-14)12-26-2)11-17(24)22-18-15(20)5-4-6-16(18)21/h4-10H,3,11-12H2,1-2H3,(H,22,24). The molecule has 2 amide bonds. The molecule has 0 aliphatic rings. The molecule has 26 heavy (non-hydrogen) atoms. The molecule has 7 heteroatoms. The van der Waals surface area contributed by atoms with E-state index in [0.717, 1.165) is 5.56 Å². The van der Waals surface area contributed by atoms with Crippen LogP contribution in [0.1, 0.15) is 22.8 Å². The van der Waals surface area contributed by atoms with E-state index in [1.165, 1.54) is 4.90 Å². The van der Waals surface area contributed by atoms with Crippen molar-refractivity contribution in [2.24, 2.45) is 0 Å². The number of rotatable bonds is 7. The van der Waals surface area contributed by atoms with Gasteiger partial charge in [0.25, 0.3) is 5.91 Å². The van der Waals surface area contributed by atoms with Gasteiger partial charge in [0.2, 0.25) is 5.91 Å². The van der Waals surface area contributed by atoms with Crippen molar-refractivity contribution in [2.75, 3.05) is 25.5 Å². The Morgan fingerprint density at radius 2 is 1.69 bits per heavy atom. The molecule has 2 aromatic carbocycles. The first kappa shape index (κ1) is 20.2. The molecule has 0 aliphatic heterocycles. The molecular formula is C19H20Cl2N2O3. The minimum atomic E-state index is -0.369. The maximum absolute atomic E-state index is 12.6. The maximum atomic E-state index is 12.6. The predicted octanol–water partition coefficient (Wildman–Crippen LogP) is 4.24. The molecule has 0 saturated carbocycles. The van der Waals surface area contributed by atoms with Crippen LogP contribution in [-0.4, -0.2) is 36.9 Å². The molecule has 138 valence electrons. The van der Waals surface area contributed by atoms with Gasteiger partial charge in [0.1, 0.15) is 6.54 Å². The van der Waals surface area contributed by atoms with Gasteiger partial charge >= 0.3 is 0 Å². The third kappa shape index (κ3) is 5.21. The number of benzene rings is 2. The number of nitrogens with zero attached hydrogens (tertiary/aromatic N) is 1. The lowest BCUT2D eigenvalue weighted by Crippen LogP contribution is -2.37. The van der Waals surface area contributed by atoms with Gasteiger partial charge in [-0.25, -0.2) is 0 Å². The van der Waals surface area contributed by atoms with Crippen LogP contribution in [0.3, 0.4) is 0 Å². The van der Waals surface area contributed by atoms with E-state index < -0.39 is 0 Å². The monoisotopic (exact) mass is 394 g/mol. The summed E-state index contributed by atoms with van der Waals surface area (Å²) in [5.74, 6) is -0.594. The number of halogens is 2. The smallest absolute Gasteiger partial charge is 0.254 e. The number of methoxy groups -OCH3 is 1. The fourth-order valence-electron chi connectivity index (χ4n) is 2.39. The highest BCUT2D eigenvalue weighted by molar-refractivity contribution is 6.39. The van der Waals surface area contributed by atoms with E-state index in [2.05, 4.69) is 5.32 Å². The minimum Gasteiger partial charge on any atom is -0.380 e. The van der Waals surface area contributed by atoms with Crippen LogP contribution in [0.2, 0.25) is 10.0 Å². The average Bonchev–Trinajstić information content (AvgIpc) is 2.63. The van der Waals surface area contributed by atoms with E-state index in [4.69, 9.17) is 27.9 Å². The number of likely N-dealkylation sites (N-methyl/N-ethyl adjacent to an activating group) is 1. The van der Waals surface area contributed by atoms with Gasteiger partial charge < -0.3 is 15.0 Å². The number of nitrogens with one attached hydrogen (secondary N) is 1. The van der Waals surface area contributed by atoms with Gasteiger partial charge in [-0.15, -0.1) is 0 Å². The van der Waals surface area contributed by atoms with Gasteiger partial charge in [-0.3, -0.25) is 9.59 Å². The number of amides is 2. The Bertz CT molecular complexity index is 759. The zero-order valence-corrected chi connectivity index (χ0v) is 16.1. The SMILES string of the molecule is CCN(CC(=O)Nc1c(Cl)cccc1Cl)C(=O)c1ccc(COC)cc1. The van der Waals surface area contributed by atoms with Crippen LogP contribution in [0.5, 0.6) is 0 Å². The van der Waals surface area contributed by atoms with E-state index >= 15 is 0 Å². The van der Waals surface area contributed by atoms with Crippen molar-refractivity contribution in [3.63, 3.8) is 0 Å². The Hall–Kier alpha value is -2.08. The van der Waals surface area contributed by atoms with Crippen LogP contribution >= 0.6 is 23.2 Å².